The number of nitrogens with zero attached hydrogens (tertiary/aromatic N) is 1. The van der Waals surface area contributed by atoms with E-state index >= 15 is 0 Å². The molecule has 1 heterocycles. The Morgan fingerprint density at radius 1 is 1.62 bits per heavy atom. The van der Waals surface area contributed by atoms with E-state index in [0.717, 1.165) is 25.9 Å². The Labute approximate surface area is 80.3 Å². The number of carbonyl (C=O) groups excluding carboxylic acids is 1. The maximum absolute atomic E-state index is 11.9. The normalized spacial score (nSPS) is 27.8. The number of hydrogen-bond donors (Lipinski definition) is 1. The highest BCUT2D eigenvalue weighted by Gasteiger charge is 2.40. The first-order chi connectivity index (χ1) is 6.00. The van der Waals surface area contributed by atoms with Crippen LogP contribution in [0.5, 0.6) is 0 Å². The molecule has 3 heteroatoms. The zero-order valence-electron chi connectivity index (χ0n) is 8.84. The molecule has 13 heavy (non-hydrogen) atoms. The number of likely N-dealkylation sites (tertiary alicyclic amines) is 1. The van der Waals surface area contributed by atoms with Crippen LogP contribution < -0.4 is 5.73 Å². The summed E-state index contributed by atoms with van der Waals surface area (Å²) in [6, 6.07) is 0.0214. The predicted molar refractivity (Wildman–Crippen MR) is 53.2 cm³/mol. The fourth-order valence-electron chi connectivity index (χ4n) is 1.81. The lowest BCUT2D eigenvalue weighted by Gasteiger charge is -2.41. The standard InChI is InChI=1S/C10H20N2O/c1-4-6-12-7-5-8(11)10(2,3)9(12)13/h8H,4-7,11H2,1-3H3. The van der Waals surface area contributed by atoms with E-state index in [1.54, 1.807) is 0 Å². The van der Waals surface area contributed by atoms with Gasteiger partial charge in [-0.3, -0.25) is 4.79 Å². The van der Waals surface area contributed by atoms with Gasteiger partial charge in [-0.2, -0.15) is 0 Å². The molecule has 2 N–H and O–H groups in total. The van der Waals surface area contributed by atoms with E-state index < -0.39 is 0 Å². The number of amides is 1. The molecule has 1 aliphatic rings. The largest absolute Gasteiger partial charge is 0.342 e. The molecule has 0 aromatic carbocycles. The second-order valence-corrected chi connectivity index (χ2v) is 4.41. The SMILES string of the molecule is CCCN1CCC(N)C(C)(C)C1=O. The Morgan fingerprint density at radius 3 is 2.77 bits per heavy atom. The third-order valence-corrected chi connectivity index (χ3v) is 2.97. The Bertz CT molecular complexity index is 201. The second kappa shape index (κ2) is 3.66. The van der Waals surface area contributed by atoms with Crippen LogP contribution >= 0.6 is 0 Å². The number of piperidine rings is 1. The molecule has 1 saturated heterocycles. The van der Waals surface area contributed by atoms with Crippen molar-refractivity contribution in [2.45, 2.75) is 39.7 Å². The average Bonchev–Trinajstić information content (AvgIpc) is 2.08. The summed E-state index contributed by atoms with van der Waals surface area (Å²) in [4.78, 5) is 13.8. The molecule has 0 spiro atoms. The number of rotatable bonds is 2. The Balaban J connectivity index is 2.70. The maximum Gasteiger partial charge on any atom is 0.229 e. The highest BCUT2D eigenvalue weighted by Crippen LogP contribution is 2.29. The fourth-order valence-corrected chi connectivity index (χ4v) is 1.81. The second-order valence-electron chi connectivity index (χ2n) is 4.41. The van der Waals surface area contributed by atoms with E-state index in [9.17, 15) is 4.79 Å². The minimum atomic E-state index is -0.368. The molecule has 1 unspecified atom stereocenters. The summed E-state index contributed by atoms with van der Waals surface area (Å²) in [5.74, 6) is 0.216. The molecule has 0 radical (unpaired) electrons. The van der Waals surface area contributed by atoms with E-state index in [2.05, 4.69) is 6.92 Å². The third-order valence-electron chi connectivity index (χ3n) is 2.97. The smallest absolute Gasteiger partial charge is 0.229 e. The van der Waals surface area contributed by atoms with Gasteiger partial charge in [0.1, 0.15) is 0 Å². The topological polar surface area (TPSA) is 46.3 Å². The van der Waals surface area contributed by atoms with Gasteiger partial charge in [-0.1, -0.05) is 6.92 Å². The molecular formula is C10H20N2O. The van der Waals surface area contributed by atoms with Crippen molar-refractivity contribution in [3.63, 3.8) is 0 Å². The molecule has 1 aliphatic heterocycles. The van der Waals surface area contributed by atoms with Gasteiger partial charge >= 0.3 is 0 Å². The molecule has 0 aliphatic carbocycles. The molecule has 0 saturated carbocycles. The van der Waals surface area contributed by atoms with Gasteiger partial charge in [-0.25, -0.2) is 0 Å². The first-order valence-corrected chi connectivity index (χ1v) is 5.05. The highest BCUT2D eigenvalue weighted by molar-refractivity contribution is 5.83. The van der Waals surface area contributed by atoms with Crippen LogP contribution in [0.4, 0.5) is 0 Å². The zero-order chi connectivity index (χ0) is 10.1. The Kier molecular flexibility index (Phi) is 2.96. The third kappa shape index (κ3) is 1.85. The summed E-state index contributed by atoms with van der Waals surface area (Å²) in [5.41, 5.74) is 5.55. The number of carbonyl (C=O) groups is 1. The lowest BCUT2D eigenvalue weighted by atomic mass is 9.79. The Morgan fingerprint density at radius 2 is 2.23 bits per heavy atom. The zero-order valence-corrected chi connectivity index (χ0v) is 8.84. The number of nitrogens with two attached hydrogens (primary N) is 1. The Hall–Kier alpha value is -0.570. The van der Waals surface area contributed by atoms with Gasteiger partial charge in [0.05, 0.1) is 5.41 Å². The van der Waals surface area contributed by atoms with Crippen LogP contribution in [-0.4, -0.2) is 29.9 Å². The van der Waals surface area contributed by atoms with Crippen molar-refractivity contribution in [2.75, 3.05) is 13.1 Å². The van der Waals surface area contributed by atoms with Gasteiger partial charge < -0.3 is 10.6 Å². The predicted octanol–water partition coefficient (Wildman–Crippen LogP) is 0.982. The van der Waals surface area contributed by atoms with Crippen molar-refractivity contribution >= 4 is 5.91 Å². The summed E-state index contributed by atoms with van der Waals surface area (Å²) in [7, 11) is 0. The van der Waals surface area contributed by atoms with E-state index in [4.69, 9.17) is 5.73 Å². The molecule has 1 atom stereocenters. The van der Waals surface area contributed by atoms with Crippen molar-refractivity contribution in [3.05, 3.63) is 0 Å². The minimum Gasteiger partial charge on any atom is -0.342 e. The first-order valence-electron chi connectivity index (χ1n) is 5.05. The summed E-state index contributed by atoms with van der Waals surface area (Å²) in [6.45, 7) is 7.69. The van der Waals surface area contributed by atoms with Gasteiger partial charge in [-0.05, 0) is 26.7 Å². The van der Waals surface area contributed by atoms with Crippen LogP contribution in [-0.2, 0) is 4.79 Å². The van der Waals surface area contributed by atoms with Crippen LogP contribution in [0.3, 0.4) is 0 Å². The summed E-state index contributed by atoms with van der Waals surface area (Å²) in [5, 5.41) is 0. The van der Waals surface area contributed by atoms with Crippen molar-refractivity contribution in [1.29, 1.82) is 0 Å². The van der Waals surface area contributed by atoms with Crippen LogP contribution in [0.25, 0.3) is 0 Å². The molecule has 0 aromatic rings. The van der Waals surface area contributed by atoms with Crippen molar-refractivity contribution in [2.24, 2.45) is 11.1 Å². The molecule has 76 valence electrons. The number of hydrogen-bond acceptors (Lipinski definition) is 2. The first kappa shape index (κ1) is 10.5. The summed E-state index contributed by atoms with van der Waals surface area (Å²) >= 11 is 0. The van der Waals surface area contributed by atoms with Gasteiger partial charge in [-0.15, -0.1) is 0 Å². The molecule has 0 bridgehead atoms. The lowest BCUT2D eigenvalue weighted by molar-refractivity contribution is -0.145. The van der Waals surface area contributed by atoms with Gasteiger partial charge in [0.2, 0.25) is 5.91 Å². The van der Waals surface area contributed by atoms with Gasteiger partial charge in [0.25, 0.3) is 0 Å². The molecular weight excluding hydrogens is 164 g/mol. The summed E-state index contributed by atoms with van der Waals surface area (Å²) < 4.78 is 0. The van der Waals surface area contributed by atoms with E-state index in [1.807, 2.05) is 18.7 Å². The van der Waals surface area contributed by atoms with Gasteiger partial charge in [0, 0.05) is 19.1 Å². The molecule has 3 nitrogen and oxygen atoms in total. The van der Waals surface area contributed by atoms with Crippen molar-refractivity contribution in [3.8, 4) is 0 Å². The van der Waals surface area contributed by atoms with Crippen LogP contribution in [0, 0.1) is 5.41 Å². The summed E-state index contributed by atoms with van der Waals surface area (Å²) in [6.07, 6.45) is 1.95. The maximum atomic E-state index is 11.9. The molecule has 1 amide bonds. The monoisotopic (exact) mass is 184 g/mol. The van der Waals surface area contributed by atoms with Crippen LogP contribution in [0.15, 0.2) is 0 Å². The average molecular weight is 184 g/mol. The minimum absolute atomic E-state index is 0.0214. The van der Waals surface area contributed by atoms with Gasteiger partial charge in [0.15, 0.2) is 0 Å². The highest BCUT2D eigenvalue weighted by atomic mass is 16.2. The van der Waals surface area contributed by atoms with Crippen LogP contribution in [0.2, 0.25) is 0 Å². The molecule has 1 fully saturated rings. The van der Waals surface area contributed by atoms with Crippen LogP contribution in [0.1, 0.15) is 33.6 Å². The molecule has 1 rings (SSSR count). The van der Waals surface area contributed by atoms with E-state index in [-0.39, 0.29) is 17.4 Å². The van der Waals surface area contributed by atoms with E-state index in [1.165, 1.54) is 0 Å². The van der Waals surface area contributed by atoms with Crippen molar-refractivity contribution < 1.29 is 4.79 Å². The fraction of sp³-hybridized carbons (Fsp3) is 0.900. The lowest BCUT2D eigenvalue weighted by Crippen LogP contribution is -2.56. The van der Waals surface area contributed by atoms with E-state index in [0.29, 0.717) is 0 Å². The molecule has 0 aromatic heterocycles. The van der Waals surface area contributed by atoms with Crippen molar-refractivity contribution in [1.82, 2.24) is 4.90 Å². The quantitative estimate of drug-likeness (QED) is 0.695.